The number of hydrogen-bond donors (Lipinski definition) is 3. The van der Waals surface area contributed by atoms with Crippen LogP contribution >= 0.6 is 0 Å². The molecule has 0 radical (unpaired) electrons. The molecule has 70 valence electrons. The van der Waals surface area contributed by atoms with Crippen LogP contribution in [0.2, 0.25) is 0 Å². The van der Waals surface area contributed by atoms with E-state index in [0.29, 0.717) is 0 Å². The number of hydrogen-bond acceptors (Lipinski definition) is 5. The first kappa shape index (κ1) is 9.60. The monoisotopic (exact) mass is 175 g/mol. The molecule has 1 aliphatic heterocycles. The summed E-state index contributed by atoms with van der Waals surface area (Å²) in [5.41, 5.74) is -0.152. The molecular weight excluding hydrogens is 162 g/mol. The molecule has 0 unspecified atom stereocenters. The zero-order chi connectivity index (χ0) is 9.30. The molecular formula is C7H13NO4. The fraction of sp³-hybridized carbons (Fsp3) is 0.857. The van der Waals surface area contributed by atoms with Crippen LogP contribution in [-0.4, -0.2) is 47.6 Å². The number of rotatable bonds is 1. The summed E-state index contributed by atoms with van der Waals surface area (Å²) in [4.78, 5) is 0. The van der Waals surface area contributed by atoms with E-state index in [2.05, 4.69) is 0 Å². The molecule has 0 aromatic heterocycles. The van der Waals surface area contributed by atoms with Crippen molar-refractivity contribution in [2.45, 2.75) is 31.5 Å². The van der Waals surface area contributed by atoms with Crippen LogP contribution in [0.5, 0.6) is 0 Å². The molecule has 0 saturated carbocycles. The van der Waals surface area contributed by atoms with E-state index >= 15 is 0 Å². The van der Waals surface area contributed by atoms with Crippen molar-refractivity contribution < 1.29 is 19.7 Å². The lowest BCUT2D eigenvalue weighted by atomic mass is 10.0. The van der Waals surface area contributed by atoms with E-state index in [9.17, 15) is 10.2 Å². The summed E-state index contributed by atoms with van der Waals surface area (Å²) in [5, 5.41) is 25.9. The van der Waals surface area contributed by atoms with Crippen molar-refractivity contribution in [1.82, 2.24) is 0 Å². The van der Waals surface area contributed by atoms with E-state index in [0.717, 1.165) is 0 Å². The van der Waals surface area contributed by atoms with Crippen LogP contribution in [0.25, 0.3) is 0 Å². The summed E-state index contributed by atoms with van der Waals surface area (Å²) >= 11 is 0. The van der Waals surface area contributed by atoms with Gasteiger partial charge in [0.05, 0.1) is 11.8 Å². The van der Waals surface area contributed by atoms with Crippen LogP contribution in [0.4, 0.5) is 0 Å². The zero-order valence-corrected chi connectivity index (χ0v) is 7.02. The van der Waals surface area contributed by atoms with Gasteiger partial charge in [0.15, 0.2) is 6.29 Å². The van der Waals surface area contributed by atoms with Crippen LogP contribution in [0.15, 0.2) is 0 Å². The maximum atomic E-state index is 9.29. The molecule has 0 amide bonds. The van der Waals surface area contributed by atoms with E-state index in [1.54, 1.807) is 6.92 Å². The lowest BCUT2D eigenvalue weighted by molar-refractivity contribution is -0.212. The van der Waals surface area contributed by atoms with Gasteiger partial charge in [0.25, 0.3) is 0 Å². The SMILES string of the molecule is CO[C@H]1O[C@H](C)[C@@H](O)C(=N)[C@@H]1O. The van der Waals surface area contributed by atoms with Gasteiger partial charge in [-0.2, -0.15) is 0 Å². The molecule has 5 heteroatoms. The van der Waals surface area contributed by atoms with Gasteiger partial charge in [0, 0.05) is 7.11 Å². The first-order valence-electron chi connectivity index (χ1n) is 3.70. The van der Waals surface area contributed by atoms with Crippen LogP contribution in [0.1, 0.15) is 6.92 Å². The van der Waals surface area contributed by atoms with E-state index in [1.165, 1.54) is 7.11 Å². The third-order valence-corrected chi connectivity index (χ3v) is 1.92. The van der Waals surface area contributed by atoms with Crippen molar-refractivity contribution in [2.24, 2.45) is 0 Å². The molecule has 3 N–H and O–H groups in total. The minimum absolute atomic E-state index is 0.152. The molecule has 1 heterocycles. The van der Waals surface area contributed by atoms with Crippen molar-refractivity contribution in [2.75, 3.05) is 7.11 Å². The second kappa shape index (κ2) is 3.49. The number of aliphatic hydroxyl groups excluding tert-OH is 2. The van der Waals surface area contributed by atoms with Gasteiger partial charge in [-0.3, -0.25) is 0 Å². The molecule has 0 aromatic rings. The molecule has 0 bridgehead atoms. The third kappa shape index (κ3) is 1.49. The first-order valence-corrected chi connectivity index (χ1v) is 3.70. The zero-order valence-electron chi connectivity index (χ0n) is 7.02. The second-order valence-corrected chi connectivity index (χ2v) is 2.79. The Hall–Kier alpha value is -0.490. The fourth-order valence-electron chi connectivity index (χ4n) is 1.12. The lowest BCUT2D eigenvalue weighted by Gasteiger charge is -2.35. The van der Waals surface area contributed by atoms with Crippen LogP contribution in [0.3, 0.4) is 0 Å². The van der Waals surface area contributed by atoms with E-state index in [4.69, 9.17) is 14.9 Å². The van der Waals surface area contributed by atoms with Gasteiger partial charge in [-0.25, -0.2) is 0 Å². The first-order chi connectivity index (χ1) is 5.57. The molecule has 5 nitrogen and oxygen atoms in total. The predicted molar refractivity (Wildman–Crippen MR) is 41.1 cm³/mol. The summed E-state index contributed by atoms with van der Waals surface area (Å²) in [7, 11) is 1.38. The number of ether oxygens (including phenoxy) is 2. The number of methoxy groups -OCH3 is 1. The van der Waals surface area contributed by atoms with E-state index < -0.39 is 24.6 Å². The van der Waals surface area contributed by atoms with Gasteiger partial charge < -0.3 is 25.1 Å². The summed E-state index contributed by atoms with van der Waals surface area (Å²) in [6.07, 6.45) is -3.55. The average molecular weight is 175 g/mol. The van der Waals surface area contributed by atoms with E-state index in [1.807, 2.05) is 0 Å². The van der Waals surface area contributed by atoms with Gasteiger partial charge in [-0.05, 0) is 6.92 Å². The Balaban J connectivity index is 2.70. The molecule has 0 spiro atoms. The predicted octanol–water partition coefficient (Wildman–Crippen LogP) is -0.881. The Bertz CT molecular complexity index is 184. The lowest BCUT2D eigenvalue weighted by Crippen LogP contribution is -2.54. The Morgan fingerprint density at radius 3 is 2.50 bits per heavy atom. The highest BCUT2D eigenvalue weighted by molar-refractivity contribution is 5.91. The summed E-state index contributed by atoms with van der Waals surface area (Å²) in [5.74, 6) is 0. The van der Waals surface area contributed by atoms with Gasteiger partial charge >= 0.3 is 0 Å². The smallest absolute Gasteiger partial charge is 0.189 e. The van der Waals surface area contributed by atoms with Gasteiger partial charge in [0.1, 0.15) is 12.2 Å². The van der Waals surface area contributed by atoms with Crippen molar-refractivity contribution in [3.05, 3.63) is 0 Å². The molecule has 1 saturated heterocycles. The average Bonchev–Trinajstić information content (AvgIpc) is 2.08. The standard InChI is InChI=1S/C7H13NO4/c1-3-5(9)4(8)6(10)7(11-2)12-3/h3,5-10H,1-2H3/t3-,5-,6+,7+/m1/s1. The van der Waals surface area contributed by atoms with Crippen LogP contribution in [-0.2, 0) is 9.47 Å². The largest absolute Gasteiger partial charge is 0.384 e. The summed E-state index contributed by atoms with van der Waals surface area (Å²) < 4.78 is 9.84. The summed E-state index contributed by atoms with van der Waals surface area (Å²) in [6.45, 7) is 1.62. The molecule has 0 aliphatic carbocycles. The Labute approximate surface area is 70.4 Å². The Morgan fingerprint density at radius 2 is 2.00 bits per heavy atom. The third-order valence-electron chi connectivity index (χ3n) is 1.92. The van der Waals surface area contributed by atoms with Gasteiger partial charge in [-0.15, -0.1) is 0 Å². The number of nitrogens with one attached hydrogen (secondary N) is 1. The minimum Gasteiger partial charge on any atom is -0.384 e. The van der Waals surface area contributed by atoms with Crippen molar-refractivity contribution in [3.63, 3.8) is 0 Å². The second-order valence-electron chi connectivity index (χ2n) is 2.79. The molecule has 12 heavy (non-hydrogen) atoms. The van der Waals surface area contributed by atoms with Crippen molar-refractivity contribution in [1.29, 1.82) is 5.41 Å². The summed E-state index contributed by atoms with van der Waals surface area (Å²) in [6, 6.07) is 0. The van der Waals surface area contributed by atoms with Crippen LogP contribution in [0, 0.1) is 5.41 Å². The van der Waals surface area contributed by atoms with Crippen molar-refractivity contribution >= 4 is 5.71 Å². The maximum absolute atomic E-state index is 9.29. The molecule has 0 aromatic carbocycles. The molecule has 1 rings (SSSR count). The van der Waals surface area contributed by atoms with E-state index in [-0.39, 0.29) is 5.71 Å². The Morgan fingerprint density at radius 1 is 1.42 bits per heavy atom. The fourth-order valence-corrected chi connectivity index (χ4v) is 1.12. The quantitative estimate of drug-likeness (QED) is 0.483. The highest BCUT2D eigenvalue weighted by atomic mass is 16.7. The van der Waals surface area contributed by atoms with Gasteiger partial charge in [0.2, 0.25) is 0 Å². The highest BCUT2D eigenvalue weighted by Crippen LogP contribution is 2.17. The highest BCUT2D eigenvalue weighted by Gasteiger charge is 2.38. The number of aliphatic hydroxyl groups is 2. The van der Waals surface area contributed by atoms with Crippen molar-refractivity contribution in [3.8, 4) is 0 Å². The topological polar surface area (TPSA) is 82.8 Å². The Kier molecular flexibility index (Phi) is 2.79. The molecule has 1 fully saturated rings. The minimum atomic E-state index is -1.17. The van der Waals surface area contributed by atoms with Crippen LogP contribution < -0.4 is 0 Å². The normalized spacial score (nSPS) is 43.2. The van der Waals surface area contributed by atoms with Gasteiger partial charge in [-0.1, -0.05) is 0 Å². The maximum Gasteiger partial charge on any atom is 0.189 e. The molecule has 1 aliphatic rings. The molecule has 4 atom stereocenters.